The molecule has 0 amide bonds. The predicted molar refractivity (Wildman–Crippen MR) is 54.8 cm³/mol. The fraction of sp³-hybridized carbons (Fsp3) is 0.909. The summed E-state index contributed by atoms with van der Waals surface area (Å²) in [6.07, 6.45) is 7.26. The quantitative estimate of drug-likeness (QED) is 0.589. The number of carboxylic acids is 1. The molecule has 0 bridgehead atoms. The Morgan fingerprint density at radius 2 is 1.92 bits per heavy atom. The Kier molecular flexibility index (Phi) is 7.76. The van der Waals surface area contributed by atoms with E-state index in [0.717, 1.165) is 18.8 Å². The molecule has 0 aliphatic rings. The Balaban J connectivity index is 3.11. The van der Waals surface area contributed by atoms with Crippen molar-refractivity contribution in [3.05, 3.63) is 0 Å². The molecule has 13 heavy (non-hydrogen) atoms. The summed E-state index contributed by atoms with van der Waals surface area (Å²) in [4.78, 5) is 10.2. The standard InChI is InChI=1S/C11H22O2/c1-3-7-10(2)8-5-4-6-9-11(12)13/h10H,3-9H2,1-2H3,(H,12,13). The van der Waals surface area contributed by atoms with E-state index in [9.17, 15) is 4.79 Å². The van der Waals surface area contributed by atoms with E-state index in [2.05, 4.69) is 13.8 Å². The number of carboxylic acid groups (broad SMARTS) is 1. The minimum absolute atomic E-state index is 0.335. The van der Waals surface area contributed by atoms with Gasteiger partial charge < -0.3 is 5.11 Å². The molecule has 0 saturated carbocycles. The second kappa shape index (κ2) is 8.09. The molecule has 0 rings (SSSR count). The third-order valence-electron chi connectivity index (χ3n) is 2.37. The van der Waals surface area contributed by atoms with Crippen molar-refractivity contribution in [3.63, 3.8) is 0 Å². The average molecular weight is 186 g/mol. The summed E-state index contributed by atoms with van der Waals surface area (Å²) < 4.78 is 0. The van der Waals surface area contributed by atoms with Gasteiger partial charge in [-0.2, -0.15) is 0 Å². The van der Waals surface area contributed by atoms with Crippen molar-refractivity contribution in [1.29, 1.82) is 0 Å². The molecule has 0 fully saturated rings. The minimum atomic E-state index is -0.665. The summed E-state index contributed by atoms with van der Waals surface area (Å²) in [6, 6.07) is 0. The first-order valence-corrected chi connectivity index (χ1v) is 5.38. The van der Waals surface area contributed by atoms with Gasteiger partial charge in [-0.1, -0.05) is 46.0 Å². The Bertz CT molecular complexity index is 132. The molecule has 0 aromatic rings. The highest BCUT2D eigenvalue weighted by Gasteiger charge is 2.01. The van der Waals surface area contributed by atoms with E-state index in [4.69, 9.17) is 5.11 Å². The monoisotopic (exact) mass is 186 g/mol. The average Bonchev–Trinajstić information content (AvgIpc) is 2.03. The highest BCUT2D eigenvalue weighted by molar-refractivity contribution is 5.66. The highest BCUT2D eigenvalue weighted by Crippen LogP contribution is 2.14. The lowest BCUT2D eigenvalue weighted by molar-refractivity contribution is -0.137. The molecule has 0 aromatic carbocycles. The molecule has 2 nitrogen and oxygen atoms in total. The van der Waals surface area contributed by atoms with Crippen molar-refractivity contribution in [2.75, 3.05) is 0 Å². The van der Waals surface area contributed by atoms with Crippen LogP contribution in [0, 0.1) is 5.92 Å². The van der Waals surface area contributed by atoms with Gasteiger partial charge in [-0.05, 0) is 12.3 Å². The smallest absolute Gasteiger partial charge is 0.303 e. The molecule has 1 unspecified atom stereocenters. The molecule has 0 spiro atoms. The van der Waals surface area contributed by atoms with Crippen molar-refractivity contribution < 1.29 is 9.90 Å². The van der Waals surface area contributed by atoms with Crippen LogP contribution in [-0.2, 0) is 4.79 Å². The van der Waals surface area contributed by atoms with Crippen LogP contribution >= 0.6 is 0 Å². The Morgan fingerprint density at radius 1 is 1.23 bits per heavy atom. The number of carbonyl (C=O) groups is 1. The van der Waals surface area contributed by atoms with Crippen molar-refractivity contribution in [2.24, 2.45) is 5.92 Å². The lowest BCUT2D eigenvalue weighted by atomic mass is 9.98. The predicted octanol–water partition coefficient (Wildman–Crippen LogP) is 3.46. The first-order valence-electron chi connectivity index (χ1n) is 5.38. The van der Waals surface area contributed by atoms with Gasteiger partial charge in [-0.25, -0.2) is 0 Å². The van der Waals surface area contributed by atoms with Gasteiger partial charge in [0.2, 0.25) is 0 Å². The molecule has 0 saturated heterocycles. The molecule has 0 radical (unpaired) electrons. The summed E-state index contributed by atoms with van der Waals surface area (Å²) in [5.41, 5.74) is 0. The molecule has 78 valence electrons. The largest absolute Gasteiger partial charge is 0.481 e. The first-order chi connectivity index (χ1) is 6.16. The summed E-state index contributed by atoms with van der Waals surface area (Å²) in [5, 5.41) is 8.41. The number of rotatable bonds is 8. The molecule has 2 heteroatoms. The van der Waals surface area contributed by atoms with E-state index in [0.29, 0.717) is 6.42 Å². The first kappa shape index (κ1) is 12.5. The maximum Gasteiger partial charge on any atom is 0.303 e. The Morgan fingerprint density at radius 3 is 2.46 bits per heavy atom. The van der Waals surface area contributed by atoms with Gasteiger partial charge in [0.05, 0.1) is 0 Å². The topological polar surface area (TPSA) is 37.3 Å². The van der Waals surface area contributed by atoms with Gasteiger partial charge in [0, 0.05) is 6.42 Å². The van der Waals surface area contributed by atoms with Gasteiger partial charge in [-0.15, -0.1) is 0 Å². The highest BCUT2D eigenvalue weighted by atomic mass is 16.4. The zero-order valence-corrected chi connectivity index (χ0v) is 8.88. The molecule has 1 atom stereocenters. The van der Waals surface area contributed by atoms with Crippen LogP contribution in [0.2, 0.25) is 0 Å². The van der Waals surface area contributed by atoms with E-state index in [1.807, 2.05) is 0 Å². The summed E-state index contributed by atoms with van der Waals surface area (Å²) in [7, 11) is 0. The second-order valence-corrected chi connectivity index (χ2v) is 3.89. The SMILES string of the molecule is CCCC(C)CCCCCC(=O)O. The van der Waals surface area contributed by atoms with E-state index in [1.54, 1.807) is 0 Å². The molecule has 0 aliphatic heterocycles. The van der Waals surface area contributed by atoms with Gasteiger partial charge in [0.15, 0.2) is 0 Å². The maximum atomic E-state index is 10.2. The second-order valence-electron chi connectivity index (χ2n) is 3.89. The molecular weight excluding hydrogens is 164 g/mol. The van der Waals surface area contributed by atoms with Crippen LogP contribution in [0.4, 0.5) is 0 Å². The van der Waals surface area contributed by atoms with Gasteiger partial charge in [-0.3, -0.25) is 4.79 Å². The van der Waals surface area contributed by atoms with Crippen LogP contribution in [0.15, 0.2) is 0 Å². The number of hydrogen-bond donors (Lipinski definition) is 1. The third-order valence-corrected chi connectivity index (χ3v) is 2.37. The summed E-state index contributed by atoms with van der Waals surface area (Å²) >= 11 is 0. The van der Waals surface area contributed by atoms with Crippen molar-refractivity contribution in [2.45, 2.75) is 58.8 Å². The van der Waals surface area contributed by atoms with E-state index < -0.39 is 5.97 Å². The van der Waals surface area contributed by atoms with Crippen LogP contribution in [0.3, 0.4) is 0 Å². The van der Waals surface area contributed by atoms with Gasteiger partial charge >= 0.3 is 5.97 Å². The Hall–Kier alpha value is -0.530. The van der Waals surface area contributed by atoms with Gasteiger partial charge in [0.25, 0.3) is 0 Å². The van der Waals surface area contributed by atoms with Crippen molar-refractivity contribution >= 4 is 5.97 Å². The molecule has 0 aromatic heterocycles. The molecule has 1 N–H and O–H groups in total. The number of unbranched alkanes of at least 4 members (excludes halogenated alkanes) is 2. The van der Waals surface area contributed by atoms with Crippen LogP contribution in [-0.4, -0.2) is 11.1 Å². The fourth-order valence-electron chi connectivity index (χ4n) is 1.58. The van der Waals surface area contributed by atoms with E-state index in [1.165, 1.54) is 25.7 Å². The van der Waals surface area contributed by atoms with E-state index in [-0.39, 0.29) is 0 Å². The minimum Gasteiger partial charge on any atom is -0.481 e. The third kappa shape index (κ3) is 9.38. The normalized spacial score (nSPS) is 12.8. The summed E-state index contributed by atoms with van der Waals surface area (Å²) in [6.45, 7) is 4.49. The van der Waals surface area contributed by atoms with Crippen LogP contribution in [0.25, 0.3) is 0 Å². The molecule has 0 heterocycles. The van der Waals surface area contributed by atoms with Crippen LogP contribution < -0.4 is 0 Å². The lowest BCUT2D eigenvalue weighted by Crippen LogP contribution is -1.96. The van der Waals surface area contributed by atoms with Gasteiger partial charge in [0.1, 0.15) is 0 Å². The lowest BCUT2D eigenvalue weighted by Gasteiger charge is -2.08. The zero-order chi connectivity index (χ0) is 10.1. The zero-order valence-electron chi connectivity index (χ0n) is 8.88. The molecular formula is C11H22O2. The number of hydrogen-bond acceptors (Lipinski definition) is 1. The van der Waals surface area contributed by atoms with Crippen molar-refractivity contribution in [1.82, 2.24) is 0 Å². The van der Waals surface area contributed by atoms with Crippen LogP contribution in [0.5, 0.6) is 0 Å². The van der Waals surface area contributed by atoms with E-state index >= 15 is 0 Å². The molecule has 0 aliphatic carbocycles. The fourth-order valence-corrected chi connectivity index (χ4v) is 1.58. The summed E-state index contributed by atoms with van der Waals surface area (Å²) in [5.74, 6) is 0.149. The van der Waals surface area contributed by atoms with Crippen molar-refractivity contribution in [3.8, 4) is 0 Å². The van der Waals surface area contributed by atoms with Crippen LogP contribution in [0.1, 0.15) is 58.8 Å². The number of aliphatic carboxylic acids is 1. The Labute approximate surface area is 81.3 Å². The maximum absolute atomic E-state index is 10.2.